The standard InChI is InChI=1S/C36H65N3O6/c1-31(2)16-25(17-32(3,4)37-31)43-28(40)22-13-23(29(41)44-26-18-33(5,6)38-34(7,8)19-26)15-24(14-22)30(42)45-27-20-35(9,10)39-36(11,12)21-27/h22-28,37-40H,13-21H2,1-12H3. The second kappa shape index (κ2) is 12.6. The van der Waals surface area contributed by atoms with Gasteiger partial charge in [-0.2, -0.15) is 0 Å². The van der Waals surface area contributed by atoms with Crippen molar-refractivity contribution in [2.75, 3.05) is 0 Å². The molecule has 0 spiro atoms. The van der Waals surface area contributed by atoms with E-state index in [2.05, 4.69) is 99.0 Å². The van der Waals surface area contributed by atoms with Crippen molar-refractivity contribution in [3.05, 3.63) is 0 Å². The summed E-state index contributed by atoms with van der Waals surface area (Å²) in [6.45, 7) is 25.7. The van der Waals surface area contributed by atoms with E-state index >= 15 is 0 Å². The Kier molecular flexibility index (Phi) is 10.3. The summed E-state index contributed by atoms with van der Waals surface area (Å²) in [4.78, 5) is 27.6. The van der Waals surface area contributed by atoms with Gasteiger partial charge in [-0.1, -0.05) is 0 Å². The lowest BCUT2D eigenvalue weighted by atomic mass is 9.74. The molecule has 0 aromatic carbocycles. The van der Waals surface area contributed by atoms with E-state index in [1.54, 1.807) is 0 Å². The van der Waals surface area contributed by atoms with Crippen LogP contribution in [0.15, 0.2) is 0 Å². The zero-order valence-corrected chi connectivity index (χ0v) is 30.4. The molecule has 1 aliphatic carbocycles. The minimum absolute atomic E-state index is 0.135. The Balaban J connectivity index is 1.50. The Hall–Kier alpha value is -1.26. The molecule has 3 saturated heterocycles. The van der Waals surface area contributed by atoms with E-state index < -0.39 is 18.1 Å². The van der Waals surface area contributed by atoms with Crippen LogP contribution < -0.4 is 16.0 Å². The third kappa shape index (κ3) is 10.4. The summed E-state index contributed by atoms with van der Waals surface area (Å²) >= 11 is 0. The topological polar surface area (TPSA) is 118 Å². The van der Waals surface area contributed by atoms with Gasteiger partial charge in [0.25, 0.3) is 0 Å². The first-order valence-corrected chi connectivity index (χ1v) is 17.4. The molecule has 4 rings (SSSR count). The molecule has 4 aliphatic rings. The lowest BCUT2D eigenvalue weighted by molar-refractivity contribution is -0.198. The maximum absolute atomic E-state index is 13.8. The molecule has 0 bridgehead atoms. The number of rotatable bonds is 7. The van der Waals surface area contributed by atoms with Crippen molar-refractivity contribution in [1.29, 1.82) is 0 Å². The number of aliphatic hydroxyl groups excluding tert-OH is 1. The molecular formula is C36H65N3O6. The van der Waals surface area contributed by atoms with Gasteiger partial charge < -0.3 is 35.3 Å². The Labute approximate surface area is 273 Å². The fourth-order valence-corrected chi connectivity index (χ4v) is 9.76. The molecule has 3 atom stereocenters. The highest BCUT2D eigenvalue weighted by molar-refractivity contribution is 5.77. The molecule has 9 heteroatoms. The molecule has 0 amide bonds. The van der Waals surface area contributed by atoms with Crippen molar-refractivity contribution in [3.8, 4) is 0 Å². The van der Waals surface area contributed by atoms with Gasteiger partial charge in [0, 0.05) is 64.8 Å². The molecule has 3 aliphatic heterocycles. The summed E-state index contributed by atoms with van der Waals surface area (Å²) in [5.74, 6) is -1.96. The van der Waals surface area contributed by atoms with Crippen molar-refractivity contribution in [2.45, 2.75) is 199 Å². The minimum atomic E-state index is -1.08. The van der Waals surface area contributed by atoms with Gasteiger partial charge in [-0.05, 0) is 115 Å². The lowest BCUT2D eigenvalue weighted by Crippen LogP contribution is -2.60. The smallest absolute Gasteiger partial charge is 0.309 e. The summed E-state index contributed by atoms with van der Waals surface area (Å²) in [7, 11) is 0. The van der Waals surface area contributed by atoms with Crippen LogP contribution in [0.2, 0.25) is 0 Å². The van der Waals surface area contributed by atoms with E-state index in [-0.39, 0.29) is 69.4 Å². The number of carbonyl (C=O) groups is 2. The normalized spacial score (nSPS) is 33.6. The van der Waals surface area contributed by atoms with Gasteiger partial charge in [-0.25, -0.2) is 0 Å². The first-order chi connectivity index (χ1) is 20.3. The third-order valence-electron chi connectivity index (χ3n) is 10.2. The first kappa shape index (κ1) is 36.6. The largest absolute Gasteiger partial charge is 0.462 e. The molecule has 9 nitrogen and oxygen atoms in total. The number of ether oxygens (including phenoxy) is 3. The number of esters is 2. The second-order valence-corrected chi connectivity index (χ2v) is 19.0. The maximum atomic E-state index is 13.8. The predicted octanol–water partition coefficient (Wildman–Crippen LogP) is 5.37. The van der Waals surface area contributed by atoms with Crippen LogP contribution in [0.1, 0.15) is 141 Å². The van der Waals surface area contributed by atoms with E-state index in [9.17, 15) is 14.7 Å². The molecule has 1 saturated carbocycles. The fraction of sp³-hybridized carbons (Fsp3) is 0.944. The van der Waals surface area contributed by atoms with E-state index in [1.807, 2.05) is 0 Å². The van der Waals surface area contributed by atoms with Gasteiger partial charge in [-0.15, -0.1) is 0 Å². The SMILES string of the molecule is CC1(C)CC(OC(=O)C2CC(C(=O)OC3CC(C)(C)NC(C)(C)C3)CC(C(O)OC3CC(C)(C)NC(C)(C)C3)C2)CC(C)(C)N1. The Morgan fingerprint density at radius 3 is 1.13 bits per heavy atom. The second-order valence-electron chi connectivity index (χ2n) is 19.0. The highest BCUT2D eigenvalue weighted by Crippen LogP contribution is 2.41. The van der Waals surface area contributed by atoms with Gasteiger partial charge in [0.15, 0.2) is 6.29 Å². The summed E-state index contributed by atoms with van der Waals surface area (Å²) in [5, 5.41) is 22.5. The fourth-order valence-electron chi connectivity index (χ4n) is 9.76. The highest BCUT2D eigenvalue weighted by atomic mass is 16.6. The van der Waals surface area contributed by atoms with E-state index in [4.69, 9.17) is 14.2 Å². The molecular weight excluding hydrogens is 570 g/mol. The van der Waals surface area contributed by atoms with Gasteiger partial charge >= 0.3 is 11.9 Å². The number of aliphatic hydroxyl groups is 1. The lowest BCUT2D eigenvalue weighted by Gasteiger charge is -2.47. The van der Waals surface area contributed by atoms with Crippen LogP contribution in [0.25, 0.3) is 0 Å². The molecule has 0 radical (unpaired) electrons. The van der Waals surface area contributed by atoms with Crippen LogP contribution >= 0.6 is 0 Å². The molecule has 3 unspecified atom stereocenters. The molecule has 4 N–H and O–H groups in total. The zero-order valence-electron chi connectivity index (χ0n) is 30.4. The molecule has 0 aromatic heterocycles. The number of hydrogen-bond acceptors (Lipinski definition) is 9. The van der Waals surface area contributed by atoms with Crippen LogP contribution in [0.4, 0.5) is 0 Å². The van der Waals surface area contributed by atoms with Crippen molar-refractivity contribution >= 4 is 11.9 Å². The zero-order chi connectivity index (χ0) is 33.8. The van der Waals surface area contributed by atoms with Crippen molar-refractivity contribution in [3.63, 3.8) is 0 Å². The van der Waals surface area contributed by atoms with Crippen molar-refractivity contribution < 1.29 is 28.9 Å². The molecule has 3 heterocycles. The quantitative estimate of drug-likeness (QED) is 0.216. The molecule has 4 fully saturated rings. The van der Waals surface area contributed by atoms with Crippen LogP contribution in [-0.2, 0) is 23.8 Å². The summed E-state index contributed by atoms with van der Waals surface area (Å²) in [6.07, 6.45) is 3.97. The Morgan fingerprint density at radius 1 is 0.533 bits per heavy atom. The van der Waals surface area contributed by atoms with Gasteiger partial charge in [0.2, 0.25) is 0 Å². The number of nitrogens with one attached hydrogen (secondary N) is 3. The average molecular weight is 636 g/mol. The number of hydrogen-bond donors (Lipinski definition) is 4. The van der Waals surface area contributed by atoms with Crippen LogP contribution in [-0.4, -0.2) is 74.9 Å². The Bertz CT molecular complexity index is 975. The summed E-state index contributed by atoms with van der Waals surface area (Å²) in [5.41, 5.74) is -0.916. The molecule has 0 aromatic rings. The summed E-state index contributed by atoms with van der Waals surface area (Å²) in [6, 6.07) is 0. The first-order valence-electron chi connectivity index (χ1n) is 17.4. The van der Waals surface area contributed by atoms with Crippen LogP contribution in [0.5, 0.6) is 0 Å². The molecule has 45 heavy (non-hydrogen) atoms. The van der Waals surface area contributed by atoms with E-state index in [1.165, 1.54) is 0 Å². The maximum Gasteiger partial charge on any atom is 0.309 e. The highest BCUT2D eigenvalue weighted by Gasteiger charge is 2.47. The van der Waals surface area contributed by atoms with Gasteiger partial charge in [-0.3, -0.25) is 9.59 Å². The van der Waals surface area contributed by atoms with Gasteiger partial charge in [0.05, 0.1) is 17.9 Å². The van der Waals surface area contributed by atoms with E-state index in [0.29, 0.717) is 19.3 Å². The Morgan fingerprint density at radius 2 is 0.822 bits per heavy atom. The monoisotopic (exact) mass is 635 g/mol. The average Bonchev–Trinajstić information content (AvgIpc) is 2.77. The van der Waals surface area contributed by atoms with Gasteiger partial charge in [0.1, 0.15) is 12.2 Å². The molecule has 260 valence electrons. The number of carbonyl (C=O) groups excluding carboxylic acids is 2. The van der Waals surface area contributed by atoms with Crippen molar-refractivity contribution in [1.82, 2.24) is 16.0 Å². The van der Waals surface area contributed by atoms with E-state index in [0.717, 1.165) is 38.5 Å². The number of piperidine rings is 3. The van der Waals surface area contributed by atoms with Crippen LogP contribution in [0, 0.1) is 17.8 Å². The summed E-state index contributed by atoms with van der Waals surface area (Å²) < 4.78 is 18.8. The van der Waals surface area contributed by atoms with Crippen molar-refractivity contribution in [2.24, 2.45) is 17.8 Å². The third-order valence-corrected chi connectivity index (χ3v) is 10.2. The predicted molar refractivity (Wildman–Crippen MR) is 177 cm³/mol. The minimum Gasteiger partial charge on any atom is -0.462 e. The van der Waals surface area contributed by atoms with Crippen LogP contribution in [0.3, 0.4) is 0 Å².